The molecule has 15 heavy (non-hydrogen) atoms. The number of hydrogen-bond donors (Lipinski definition) is 0. The van der Waals surface area contributed by atoms with Gasteiger partial charge in [0.1, 0.15) is 12.4 Å². The third kappa shape index (κ3) is 4.00. The standard InChI is InChI=1S/C11H18NO3/c1-2-15-10(9-13)8-11(14)12-6-4-3-5-7-12/h3,9-10H,2,4-8H2,1H3. The molecule has 1 radical (unpaired) electrons. The smallest absolute Gasteiger partial charge is 0.225 e. The Morgan fingerprint density at radius 2 is 2.20 bits per heavy atom. The van der Waals surface area contributed by atoms with Crippen LogP contribution in [0.1, 0.15) is 26.2 Å². The summed E-state index contributed by atoms with van der Waals surface area (Å²) in [6, 6.07) is 0. The normalized spacial score (nSPS) is 18.6. The molecule has 0 aromatic rings. The number of carbonyl (C=O) groups is 2. The molecule has 1 atom stereocenters. The monoisotopic (exact) mass is 212 g/mol. The van der Waals surface area contributed by atoms with Gasteiger partial charge in [-0.1, -0.05) is 0 Å². The molecule has 0 N–H and O–H groups in total. The molecule has 1 unspecified atom stereocenters. The van der Waals surface area contributed by atoms with Gasteiger partial charge in [-0.25, -0.2) is 0 Å². The Kier molecular flexibility index (Phi) is 5.32. The number of ether oxygens (including phenoxy) is 1. The number of carbonyl (C=O) groups excluding carboxylic acids is 2. The van der Waals surface area contributed by atoms with E-state index in [2.05, 4.69) is 6.42 Å². The van der Waals surface area contributed by atoms with Crippen LogP contribution >= 0.6 is 0 Å². The van der Waals surface area contributed by atoms with Gasteiger partial charge in [-0.2, -0.15) is 0 Å². The number of hydrogen-bond acceptors (Lipinski definition) is 3. The molecule has 0 bridgehead atoms. The summed E-state index contributed by atoms with van der Waals surface area (Å²) in [5, 5.41) is 0. The van der Waals surface area contributed by atoms with Gasteiger partial charge in [0.25, 0.3) is 0 Å². The van der Waals surface area contributed by atoms with E-state index in [9.17, 15) is 9.59 Å². The van der Waals surface area contributed by atoms with E-state index in [0.29, 0.717) is 12.9 Å². The highest BCUT2D eigenvalue weighted by molar-refractivity contribution is 5.80. The van der Waals surface area contributed by atoms with Gasteiger partial charge in [0, 0.05) is 19.7 Å². The minimum atomic E-state index is -0.576. The maximum Gasteiger partial charge on any atom is 0.225 e. The quantitative estimate of drug-likeness (QED) is 0.633. The van der Waals surface area contributed by atoms with Crippen LogP contribution in [0, 0.1) is 6.42 Å². The molecule has 0 aromatic heterocycles. The van der Waals surface area contributed by atoms with Gasteiger partial charge in [0.15, 0.2) is 0 Å². The first-order chi connectivity index (χ1) is 7.27. The van der Waals surface area contributed by atoms with Gasteiger partial charge in [-0.15, -0.1) is 0 Å². The lowest BCUT2D eigenvalue weighted by atomic mass is 10.1. The van der Waals surface area contributed by atoms with Gasteiger partial charge < -0.3 is 14.4 Å². The minimum absolute atomic E-state index is 0.0219. The van der Waals surface area contributed by atoms with Crippen LogP contribution in [-0.2, 0) is 14.3 Å². The highest BCUT2D eigenvalue weighted by Crippen LogP contribution is 2.10. The Morgan fingerprint density at radius 1 is 1.53 bits per heavy atom. The Bertz CT molecular complexity index is 212. The van der Waals surface area contributed by atoms with Crippen LogP contribution in [0.2, 0.25) is 0 Å². The molecule has 1 aliphatic heterocycles. The highest BCUT2D eigenvalue weighted by atomic mass is 16.5. The predicted molar refractivity (Wildman–Crippen MR) is 56.2 cm³/mol. The van der Waals surface area contributed by atoms with Gasteiger partial charge in [0.2, 0.25) is 5.91 Å². The molecule has 4 heteroatoms. The molecular weight excluding hydrogens is 194 g/mol. The molecule has 1 amide bonds. The second-order valence-electron chi connectivity index (χ2n) is 3.58. The molecule has 0 aromatic carbocycles. The van der Waals surface area contributed by atoms with Gasteiger partial charge >= 0.3 is 0 Å². The Hall–Kier alpha value is -0.900. The Balaban J connectivity index is 2.34. The predicted octanol–water partition coefficient (Wildman–Crippen LogP) is 0.807. The molecule has 0 aliphatic carbocycles. The average Bonchev–Trinajstić information content (AvgIpc) is 2.29. The van der Waals surface area contributed by atoms with Crippen LogP contribution in [0.25, 0.3) is 0 Å². The van der Waals surface area contributed by atoms with E-state index in [1.165, 1.54) is 0 Å². The lowest BCUT2D eigenvalue weighted by Gasteiger charge is -2.27. The zero-order valence-electron chi connectivity index (χ0n) is 9.15. The van der Waals surface area contributed by atoms with Crippen molar-refractivity contribution in [1.29, 1.82) is 0 Å². The fourth-order valence-electron chi connectivity index (χ4n) is 1.66. The summed E-state index contributed by atoms with van der Waals surface area (Å²) in [7, 11) is 0. The van der Waals surface area contributed by atoms with Crippen molar-refractivity contribution in [3.63, 3.8) is 0 Å². The van der Waals surface area contributed by atoms with Crippen LogP contribution in [0.3, 0.4) is 0 Å². The van der Waals surface area contributed by atoms with E-state index in [4.69, 9.17) is 4.74 Å². The molecule has 1 fully saturated rings. The molecular formula is C11H18NO3. The van der Waals surface area contributed by atoms with Crippen molar-refractivity contribution >= 4 is 12.2 Å². The SMILES string of the molecule is CCOC(C=O)CC(=O)N1CC[CH]CC1. The fraction of sp³-hybridized carbons (Fsp3) is 0.727. The summed E-state index contributed by atoms with van der Waals surface area (Å²) in [6.45, 7) is 3.83. The summed E-state index contributed by atoms with van der Waals surface area (Å²) in [5.41, 5.74) is 0. The third-order valence-electron chi connectivity index (χ3n) is 2.47. The van der Waals surface area contributed by atoms with E-state index < -0.39 is 6.10 Å². The van der Waals surface area contributed by atoms with E-state index in [0.717, 1.165) is 25.9 Å². The highest BCUT2D eigenvalue weighted by Gasteiger charge is 2.20. The largest absolute Gasteiger partial charge is 0.370 e. The summed E-state index contributed by atoms with van der Waals surface area (Å²) < 4.78 is 5.13. The topological polar surface area (TPSA) is 46.6 Å². The van der Waals surface area contributed by atoms with Crippen LogP contribution in [0.5, 0.6) is 0 Å². The van der Waals surface area contributed by atoms with Crippen molar-refractivity contribution in [3.8, 4) is 0 Å². The summed E-state index contributed by atoms with van der Waals surface area (Å²) in [5.74, 6) is 0.0219. The number of piperidine rings is 1. The van der Waals surface area contributed by atoms with E-state index in [1.807, 2.05) is 6.92 Å². The molecule has 1 saturated heterocycles. The van der Waals surface area contributed by atoms with Crippen molar-refractivity contribution in [2.45, 2.75) is 32.3 Å². The lowest BCUT2D eigenvalue weighted by Crippen LogP contribution is -2.38. The van der Waals surface area contributed by atoms with Gasteiger partial charge in [-0.05, 0) is 26.2 Å². The van der Waals surface area contributed by atoms with Crippen molar-refractivity contribution in [1.82, 2.24) is 4.90 Å². The molecule has 85 valence electrons. The summed E-state index contributed by atoms with van der Waals surface area (Å²) in [4.78, 5) is 24.1. The number of aldehydes is 1. The maximum atomic E-state index is 11.7. The zero-order chi connectivity index (χ0) is 11.1. The third-order valence-corrected chi connectivity index (χ3v) is 2.47. The average molecular weight is 212 g/mol. The second-order valence-corrected chi connectivity index (χ2v) is 3.58. The van der Waals surface area contributed by atoms with Crippen molar-refractivity contribution in [3.05, 3.63) is 6.42 Å². The first-order valence-corrected chi connectivity index (χ1v) is 5.44. The molecule has 1 heterocycles. The Labute approximate surface area is 90.6 Å². The minimum Gasteiger partial charge on any atom is -0.370 e. The first-order valence-electron chi connectivity index (χ1n) is 5.44. The number of rotatable bonds is 5. The van der Waals surface area contributed by atoms with Crippen LogP contribution in [0.15, 0.2) is 0 Å². The van der Waals surface area contributed by atoms with Crippen LogP contribution in [0.4, 0.5) is 0 Å². The Morgan fingerprint density at radius 3 is 2.73 bits per heavy atom. The molecule has 1 aliphatic rings. The van der Waals surface area contributed by atoms with Crippen LogP contribution < -0.4 is 0 Å². The lowest BCUT2D eigenvalue weighted by molar-refractivity contribution is -0.137. The van der Waals surface area contributed by atoms with Crippen LogP contribution in [-0.4, -0.2) is 42.9 Å². The van der Waals surface area contributed by atoms with Crippen molar-refractivity contribution in [2.75, 3.05) is 19.7 Å². The number of nitrogens with zero attached hydrogens (tertiary/aromatic N) is 1. The van der Waals surface area contributed by atoms with Crippen molar-refractivity contribution in [2.24, 2.45) is 0 Å². The first kappa shape index (κ1) is 12.2. The molecule has 4 nitrogen and oxygen atoms in total. The van der Waals surface area contributed by atoms with Crippen molar-refractivity contribution < 1.29 is 14.3 Å². The van der Waals surface area contributed by atoms with E-state index in [1.54, 1.807) is 4.90 Å². The number of amides is 1. The van der Waals surface area contributed by atoms with Gasteiger partial charge in [-0.3, -0.25) is 4.79 Å². The zero-order valence-corrected chi connectivity index (χ0v) is 9.15. The van der Waals surface area contributed by atoms with E-state index in [-0.39, 0.29) is 12.3 Å². The van der Waals surface area contributed by atoms with Gasteiger partial charge in [0.05, 0.1) is 6.42 Å². The summed E-state index contributed by atoms with van der Waals surface area (Å²) in [6.07, 6.45) is 4.39. The molecule has 0 spiro atoms. The second kappa shape index (κ2) is 6.56. The number of likely N-dealkylation sites (tertiary alicyclic amines) is 1. The fourth-order valence-corrected chi connectivity index (χ4v) is 1.66. The summed E-state index contributed by atoms with van der Waals surface area (Å²) >= 11 is 0. The maximum absolute atomic E-state index is 11.7. The molecule has 0 saturated carbocycles. The molecule has 1 rings (SSSR count). The van der Waals surface area contributed by atoms with E-state index >= 15 is 0 Å².